The Morgan fingerprint density at radius 2 is 2.06 bits per heavy atom. The zero-order chi connectivity index (χ0) is 12.7. The molecule has 0 saturated carbocycles. The van der Waals surface area contributed by atoms with Gasteiger partial charge in [0.05, 0.1) is 5.56 Å². The molecule has 0 unspecified atom stereocenters. The van der Waals surface area contributed by atoms with Crippen molar-refractivity contribution in [3.63, 3.8) is 0 Å². The van der Waals surface area contributed by atoms with Gasteiger partial charge in [0, 0.05) is 22.0 Å². The molecule has 0 aliphatic heterocycles. The van der Waals surface area contributed by atoms with Crippen molar-refractivity contribution in [2.24, 2.45) is 0 Å². The van der Waals surface area contributed by atoms with Crippen LogP contribution in [0.1, 0.15) is 30.1 Å². The maximum absolute atomic E-state index is 12.4. The molecule has 0 aromatic heterocycles. The molecule has 1 amide bonds. The fraction of sp³-hybridized carbons (Fsp3) is 0.462. The number of benzene rings is 1. The highest BCUT2D eigenvalue weighted by Crippen LogP contribution is 2.14. The predicted molar refractivity (Wildman–Crippen MR) is 83.8 cm³/mol. The first-order valence-electron chi connectivity index (χ1n) is 5.80. The van der Waals surface area contributed by atoms with Gasteiger partial charge in [-0.05, 0) is 41.1 Å². The van der Waals surface area contributed by atoms with Crippen LogP contribution < -0.4 is 0 Å². The Balaban J connectivity index is 2.80. The Labute approximate surface area is 125 Å². The van der Waals surface area contributed by atoms with E-state index in [1.54, 1.807) is 0 Å². The highest BCUT2D eigenvalue weighted by atomic mass is 127. The molecule has 1 aromatic carbocycles. The van der Waals surface area contributed by atoms with Crippen molar-refractivity contribution in [3.8, 4) is 0 Å². The van der Waals surface area contributed by atoms with Crippen LogP contribution in [0.2, 0.25) is 0 Å². The molecule has 0 spiro atoms. The number of halogens is 2. The third kappa shape index (κ3) is 4.58. The largest absolute Gasteiger partial charge is 0.338 e. The molecule has 94 valence electrons. The molecule has 0 aliphatic rings. The first kappa shape index (κ1) is 15.0. The summed E-state index contributed by atoms with van der Waals surface area (Å²) in [4.78, 5) is 14.3. The van der Waals surface area contributed by atoms with Gasteiger partial charge in [-0.2, -0.15) is 0 Å². The molecule has 4 heteroatoms. The summed E-state index contributed by atoms with van der Waals surface area (Å²) in [6, 6.07) is 7.75. The van der Waals surface area contributed by atoms with E-state index in [2.05, 4.69) is 45.4 Å². The van der Waals surface area contributed by atoms with Crippen molar-refractivity contribution >= 4 is 44.4 Å². The first-order valence-corrected chi connectivity index (χ1v) is 8.00. The molecule has 0 N–H and O–H groups in total. The smallest absolute Gasteiger partial charge is 0.254 e. The third-order valence-corrected chi connectivity index (χ3v) is 3.82. The molecule has 0 radical (unpaired) electrons. The maximum Gasteiger partial charge on any atom is 0.254 e. The summed E-state index contributed by atoms with van der Waals surface area (Å²) in [6.07, 6.45) is 2.17. The minimum atomic E-state index is 0.142. The van der Waals surface area contributed by atoms with E-state index >= 15 is 0 Å². The van der Waals surface area contributed by atoms with E-state index in [1.165, 1.54) is 0 Å². The van der Waals surface area contributed by atoms with E-state index in [-0.39, 0.29) is 5.91 Å². The lowest BCUT2D eigenvalue weighted by Gasteiger charge is -2.22. The van der Waals surface area contributed by atoms with Crippen LogP contribution in [0.4, 0.5) is 0 Å². The number of unbranched alkanes of at least 4 members (excludes halogenated alkanes) is 1. The Kier molecular flexibility index (Phi) is 7.11. The Bertz CT molecular complexity index is 370. The average Bonchev–Trinajstić information content (AvgIpc) is 2.34. The summed E-state index contributed by atoms with van der Waals surface area (Å²) in [6.45, 7) is 3.75. The second-order valence-electron chi connectivity index (χ2n) is 3.81. The quantitative estimate of drug-likeness (QED) is 0.515. The van der Waals surface area contributed by atoms with Crippen LogP contribution in [0.25, 0.3) is 0 Å². The lowest BCUT2D eigenvalue weighted by Crippen LogP contribution is -2.34. The minimum absolute atomic E-state index is 0.142. The lowest BCUT2D eigenvalue weighted by molar-refractivity contribution is 0.0763. The molecule has 0 heterocycles. The zero-order valence-electron chi connectivity index (χ0n) is 9.96. The monoisotopic (exact) mass is 409 g/mol. The van der Waals surface area contributed by atoms with Crippen molar-refractivity contribution in [3.05, 3.63) is 33.4 Å². The summed E-state index contributed by atoms with van der Waals surface area (Å²) < 4.78 is 1.02. The Morgan fingerprint density at radius 1 is 1.35 bits per heavy atom. The van der Waals surface area contributed by atoms with Crippen LogP contribution in [0.15, 0.2) is 24.3 Å². The van der Waals surface area contributed by atoms with E-state index in [0.29, 0.717) is 0 Å². The summed E-state index contributed by atoms with van der Waals surface area (Å²) >= 11 is 5.62. The summed E-state index contributed by atoms with van der Waals surface area (Å²) in [5, 5.41) is 0.825. The predicted octanol–water partition coefficient (Wildman–Crippen LogP) is 3.93. The van der Waals surface area contributed by atoms with Gasteiger partial charge in [0.15, 0.2) is 0 Å². The molecule has 0 fully saturated rings. The fourth-order valence-electron chi connectivity index (χ4n) is 1.57. The van der Waals surface area contributed by atoms with Crippen molar-refractivity contribution in [1.29, 1.82) is 0 Å². The van der Waals surface area contributed by atoms with Gasteiger partial charge in [0.1, 0.15) is 0 Å². The minimum Gasteiger partial charge on any atom is -0.338 e. The Hall–Kier alpha value is -0.100. The number of amides is 1. The van der Waals surface area contributed by atoms with Gasteiger partial charge in [-0.25, -0.2) is 0 Å². The van der Waals surface area contributed by atoms with Gasteiger partial charge in [-0.15, -0.1) is 0 Å². The van der Waals surface area contributed by atoms with Crippen LogP contribution >= 0.6 is 38.5 Å². The summed E-state index contributed by atoms with van der Waals surface area (Å²) in [5.74, 6) is 0.142. The summed E-state index contributed by atoms with van der Waals surface area (Å²) in [7, 11) is 0. The number of nitrogens with zero attached hydrogens (tertiary/aromatic N) is 1. The molecule has 0 bridgehead atoms. The highest BCUT2D eigenvalue weighted by molar-refractivity contribution is 14.1. The molecular weight excluding hydrogens is 393 g/mol. The lowest BCUT2D eigenvalue weighted by atomic mass is 10.2. The van der Waals surface area contributed by atoms with E-state index in [4.69, 9.17) is 0 Å². The van der Waals surface area contributed by atoms with Crippen LogP contribution in [0.5, 0.6) is 0 Å². The van der Waals surface area contributed by atoms with Gasteiger partial charge in [0.25, 0.3) is 5.91 Å². The van der Waals surface area contributed by atoms with E-state index < -0.39 is 0 Å². The molecule has 2 nitrogen and oxygen atoms in total. The third-order valence-electron chi connectivity index (χ3n) is 2.53. The number of carbonyl (C=O) groups excluding carboxylic acids is 1. The average molecular weight is 410 g/mol. The molecule has 1 rings (SSSR count). The maximum atomic E-state index is 12.4. The van der Waals surface area contributed by atoms with E-state index in [1.807, 2.05) is 29.2 Å². The van der Waals surface area contributed by atoms with Crippen molar-refractivity contribution in [2.75, 3.05) is 18.4 Å². The second kappa shape index (κ2) is 8.08. The van der Waals surface area contributed by atoms with Crippen LogP contribution in [-0.4, -0.2) is 29.2 Å². The normalized spacial score (nSPS) is 10.3. The number of hydrogen-bond donors (Lipinski definition) is 0. The standard InChI is InChI=1S/C13H17BrINO/c1-2-3-9-16(10-8-14)13(17)11-6-4-5-7-12(11)15/h4-7H,2-3,8-10H2,1H3. The summed E-state index contributed by atoms with van der Waals surface area (Å²) in [5.41, 5.74) is 0.810. The molecule has 1 aromatic rings. The second-order valence-corrected chi connectivity index (χ2v) is 5.77. The van der Waals surface area contributed by atoms with Gasteiger partial charge in [0.2, 0.25) is 0 Å². The van der Waals surface area contributed by atoms with Gasteiger partial charge in [-0.3, -0.25) is 4.79 Å². The van der Waals surface area contributed by atoms with Crippen molar-refractivity contribution in [2.45, 2.75) is 19.8 Å². The van der Waals surface area contributed by atoms with Gasteiger partial charge < -0.3 is 4.90 Å². The van der Waals surface area contributed by atoms with Crippen LogP contribution in [-0.2, 0) is 0 Å². The highest BCUT2D eigenvalue weighted by Gasteiger charge is 2.16. The number of carbonyl (C=O) groups is 1. The topological polar surface area (TPSA) is 20.3 Å². The fourth-order valence-corrected chi connectivity index (χ4v) is 2.62. The van der Waals surface area contributed by atoms with Crippen molar-refractivity contribution < 1.29 is 4.79 Å². The first-order chi connectivity index (χ1) is 8.20. The molecule has 0 atom stereocenters. The van der Waals surface area contributed by atoms with E-state index in [0.717, 1.165) is 40.4 Å². The SMILES string of the molecule is CCCCN(CCBr)C(=O)c1ccccc1I. The molecule has 0 aliphatic carbocycles. The van der Waals surface area contributed by atoms with Gasteiger partial charge in [-0.1, -0.05) is 41.4 Å². The molecular formula is C13H17BrINO. The van der Waals surface area contributed by atoms with E-state index in [9.17, 15) is 4.79 Å². The Morgan fingerprint density at radius 3 is 2.65 bits per heavy atom. The zero-order valence-corrected chi connectivity index (χ0v) is 13.7. The van der Waals surface area contributed by atoms with Crippen molar-refractivity contribution in [1.82, 2.24) is 4.90 Å². The van der Waals surface area contributed by atoms with Crippen LogP contribution in [0.3, 0.4) is 0 Å². The van der Waals surface area contributed by atoms with Crippen LogP contribution in [0, 0.1) is 3.57 Å². The van der Waals surface area contributed by atoms with Gasteiger partial charge >= 0.3 is 0 Å². The molecule has 17 heavy (non-hydrogen) atoms. The number of alkyl halides is 1. The number of rotatable bonds is 6. The molecule has 0 saturated heterocycles. The number of hydrogen-bond acceptors (Lipinski definition) is 1.